The topological polar surface area (TPSA) is 55.8 Å². The molecule has 0 amide bonds. The first-order valence-corrected chi connectivity index (χ1v) is 12.8. The summed E-state index contributed by atoms with van der Waals surface area (Å²) in [4.78, 5) is 11.9. The lowest BCUT2D eigenvalue weighted by Gasteiger charge is -2.19. The molecular weight excluding hydrogens is 508 g/mol. The normalized spacial score (nSPS) is 12.3. The molecule has 9 heteroatoms. The highest BCUT2D eigenvalue weighted by molar-refractivity contribution is 7.99. The molecule has 198 valence electrons. The molecule has 4 nitrogen and oxygen atoms in total. The molecule has 0 heterocycles. The Hall–Kier alpha value is -3.20. The fourth-order valence-corrected chi connectivity index (χ4v) is 4.71. The first-order chi connectivity index (χ1) is 17.6. The maximum atomic E-state index is 14.1. The van der Waals surface area contributed by atoms with Crippen molar-refractivity contribution in [1.29, 1.82) is 0 Å². The van der Waals surface area contributed by atoms with E-state index in [0.29, 0.717) is 18.6 Å². The Morgan fingerprint density at radius 1 is 1.00 bits per heavy atom. The van der Waals surface area contributed by atoms with Gasteiger partial charge in [0.05, 0.1) is 11.7 Å². The van der Waals surface area contributed by atoms with Crippen molar-refractivity contribution in [3.8, 4) is 17.2 Å². The summed E-state index contributed by atoms with van der Waals surface area (Å²) in [6.45, 7) is 3.83. The van der Waals surface area contributed by atoms with E-state index in [1.165, 1.54) is 24.3 Å². The van der Waals surface area contributed by atoms with Gasteiger partial charge in [0.1, 0.15) is 0 Å². The monoisotopic (exact) mass is 536 g/mol. The summed E-state index contributed by atoms with van der Waals surface area (Å²) >= 11 is 1.61. The van der Waals surface area contributed by atoms with Gasteiger partial charge in [-0.1, -0.05) is 25.1 Å². The predicted octanol–water partition coefficient (Wildman–Crippen LogP) is 8.17. The summed E-state index contributed by atoms with van der Waals surface area (Å²) in [6.07, 6.45) is -2.99. The summed E-state index contributed by atoms with van der Waals surface area (Å²) in [5.74, 6) is -1.17. The van der Waals surface area contributed by atoms with Gasteiger partial charge >= 0.3 is 12.1 Å². The third-order valence-corrected chi connectivity index (χ3v) is 6.64. The van der Waals surface area contributed by atoms with E-state index >= 15 is 0 Å². The molecule has 0 bridgehead atoms. The quantitative estimate of drug-likeness (QED) is 0.187. The van der Waals surface area contributed by atoms with Crippen LogP contribution in [0.2, 0.25) is 0 Å². The van der Waals surface area contributed by atoms with Crippen LogP contribution in [0.25, 0.3) is 0 Å². The van der Waals surface area contributed by atoms with E-state index in [1.807, 2.05) is 19.1 Å². The number of aryl methyl sites for hydroxylation is 2. The predicted molar refractivity (Wildman–Crippen MR) is 135 cm³/mol. The second-order valence-corrected chi connectivity index (χ2v) is 9.60. The van der Waals surface area contributed by atoms with Crippen molar-refractivity contribution in [1.82, 2.24) is 0 Å². The Morgan fingerprint density at radius 2 is 1.76 bits per heavy atom. The Balaban J connectivity index is 1.65. The van der Waals surface area contributed by atoms with Gasteiger partial charge in [0.15, 0.2) is 23.1 Å². The van der Waals surface area contributed by atoms with Gasteiger partial charge in [0.25, 0.3) is 0 Å². The van der Waals surface area contributed by atoms with Crippen molar-refractivity contribution in [3.05, 3.63) is 83.2 Å². The van der Waals surface area contributed by atoms with Crippen LogP contribution in [-0.2, 0) is 23.8 Å². The minimum atomic E-state index is -4.59. The van der Waals surface area contributed by atoms with E-state index in [1.54, 1.807) is 18.7 Å². The summed E-state index contributed by atoms with van der Waals surface area (Å²) < 4.78 is 65.2. The Labute approximate surface area is 217 Å². The van der Waals surface area contributed by atoms with Gasteiger partial charge in [-0.15, -0.1) is 11.8 Å². The number of alkyl halides is 3. The molecule has 3 aromatic carbocycles. The third kappa shape index (κ3) is 8.42. The van der Waals surface area contributed by atoms with Crippen molar-refractivity contribution in [2.45, 2.75) is 56.7 Å². The van der Waals surface area contributed by atoms with Crippen molar-refractivity contribution in [2.75, 3.05) is 5.75 Å². The summed E-state index contributed by atoms with van der Waals surface area (Å²) in [5.41, 5.74) is 1.21. The minimum absolute atomic E-state index is 0.0842. The third-order valence-electron chi connectivity index (χ3n) is 5.62. The van der Waals surface area contributed by atoms with E-state index in [-0.39, 0.29) is 29.8 Å². The van der Waals surface area contributed by atoms with Crippen molar-refractivity contribution < 1.29 is 36.9 Å². The maximum Gasteiger partial charge on any atom is 0.416 e. The molecule has 0 spiro atoms. The Morgan fingerprint density at radius 3 is 2.43 bits per heavy atom. The lowest BCUT2D eigenvalue weighted by molar-refractivity contribution is -0.138. The fourth-order valence-electron chi connectivity index (χ4n) is 3.63. The van der Waals surface area contributed by atoms with Crippen LogP contribution in [0.5, 0.6) is 17.2 Å². The Kier molecular flexibility index (Phi) is 9.86. The number of para-hydroxylation sites is 1. The molecule has 0 saturated carbocycles. The smallest absolute Gasteiger partial charge is 0.416 e. The molecule has 0 aliphatic heterocycles. The number of ether oxygens (including phenoxy) is 2. The summed E-state index contributed by atoms with van der Waals surface area (Å²) in [7, 11) is 0. The number of hydrogen-bond donors (Lipinski definition) is 1. The summed E-state index contributed by atoms with van der Waals surface area (Å²) in [5, 5.41) is 8.93. The zero-order chi connectivity index (χ0) is 27.0. The maximum absolute atomic E-state index is 14.1. The SMILES string of the molecule is CCc1cc(SCC[C@H](C)Oc2ccc(C(F)(F)F)cc2Oc2ccccc2F)ccc1CCC(=O)O. The van der Waals surface area contributed by atoms with Gasteiger partial charge in [0.2, 0.25) is 0 Å². The largest absolute Gasteiger partial charge is 0.487 e. The van der Waals surface area contributed by atoms with Crippen LogP contribution in [0.1, 0.15) is 43.4 Å². The zero-order valence-corrected chi connectivity index (χ0v) is 21.3. The minimum Gasteiger partial charge on any atom is -0.487 e. The fraction of sp³-hybridized carbons (Fsp3) is 0.321. The average Bonchev–Trinajstić information content (AvgIpc) is 2.84. The highest BCUT2D eigenvalue weighted by Gasteiger charge is 2.32. The molecule has 0 radical (unpaired) electrons. The molecule has 0 saturated heterocycles. The second-order valence-electron chi connectivity index (χ2n) is 8.44. The van der Waals surface area contributed by atoms with E-state index in [4.69, 9.17) is 14.6 Å². The van der Waals surface area contributed by atoms with Crippen LogP contribution in [0.15, 0.2) is 65.6 Å². The number of carboxylic acid groups (broad SMARTS) is 1. The lowest BCUT2D eigenvalue weighted by Crippen LogP contribution is -2.14. The van der Waals surface area contributed by atoms with Gasteiger partial charge in [-0.3, -0.25) is 4.79 Å². The number of carbonyl (C=O) groups is 1. The number of aliphatic carboxylic acids is 1. The Bertz CT molecular complexity index is 1210. The zero-order valence-electron chi connectivity index (χ0n) is 20.5. The van der Waals surface area contributed by atoms with Crippen LogP contribution in [0.4, 0.5) is 17.6 Å². The number of benzene rings is 3. The van der Waals surface area contributed by atoms with Gasteiger partial charge < -0.3 is 14.6 Å². The molecule has 37 heavy (non-hydrogen) atoms. The second kappa shape index (κ2) is 12.9. The number of thioether (sulfide) groups is 1. The first-order valence-electron chi connectivity index (χ1n) is 11.8. The van der Waals surface area contributed by atoms with Crippen LogP contribution in [-0.4, -0.2) is 22.9 Å². The van der Waals surface area contributed by atoms with Crippen molar-refractivity contribution in [3.63, 3.8) is 0 Å². The molecule has 3 aromatic rings. The number of carboxylic acids is 1. The van der Waals surface area contributed by atoms with Crippen LogP contribution >= 0.6 is 11.8 Å². The average molecular weight is 537 g/mol. The van der Waals surface area contributed by atoms with Gasteiger partial charge in [-0.2, -0.15) is 13.2 Å². The van der Waals surface area contributed by atoms with Crippen LogP contribution in [0.3, 0.4) is 0 Å². The molecule has 1 N–H and O–H groups in total. The number of hydrogen-bond acceptors (Lipinski definition) is 4. The summed E-state index contributed by atoms with van der Waals surface area (Å²) in [6, 6.07) is 14.3. The highest BCUT2D eigenvalue weighted by atomic mass is 32.2. The van der Waals surface area contributed by atoms with Gasteiger partial charge in [-0.25, -0.2) is 4.39 Å². The molecule has 0 fully saturated rings. The van der Waals surface area contributed by atoms with E-state index in [0.717, 1.165) is 40.6 Å². The first kappa shape index (κ1) is 28.4. The van der Waals surface area contributed by atoms with E-state index in [9.17, 15) is 22.4 Å². The molecule has 0 aromatic heterocycles. The molecule has 0 unspecified atom stereocenters. The number of rotatable bonds is 12. The van der Waals surface area contributed by atoms with Gasteiger partial charge in [0, 0.05) is 17.1 Å². The standard InChI is InChI=1S/C28H28F4O4S/c1-3-19-16-22(11-8-20(19)9-13-27(33)34)37-15-14-18(2)35-25-12-10-21(28(30,31)32)17-26(25)36-24-7-5-4-6-23(24)29/h4-8,10-12,16-18H,3,9,13-15H2,1-2H3,(H,33,34)/t18-/m0/s1. The van der Waals surface area contributed by atoms with Crippen LogP contribution in [0, 0.1) is 5.82 Å². The lowest BCUT2D eigenvalue weighted by atomic mass is 10.0. The van der Waals surface area contributed by atoms with Gasteiger partial charge in [-0.05, 0) is 79.8 Å². The van der Waals surface area contributed by atoms with E-state index in [2.05, 4.69) is 6.07 Å². The molecule has 3 rings (SSSR count). The highest BCUT2D eigenvalue weighted by Crippen LogP contribution is 2.39. The van der Waals surface area contributed by atoms with E-state index < -0.39 is 23.5 Å². The molecule has 1 atom stereocenters. The van der Waals surface area contributed by atoms with Crippen molar-refractivity contribution in [2.24, 2.45) is 0 Å². The number of halogens is 4. The molecular formula is C28H28F4O4S. The van der Waals surface area contributed by atoms with Crippen molar-refractivity contribution >= 4 is 17.7 Å². The molecule has 0 aliphatic rings. The van der Waals surface area contributed by atoms with Crippen LogP contribution < -0.4 is 9.47 Å². The molecule has 0 aliphatic carbocycles.